The van der Waals surface area contributed by atoms with Gasteiger partial charge in [0.1, 0.15) is 5.75 Å². The fraction of sp³-hybridized carbons (Fsp3) is 0.300. The number of sulfonamides is 1. The van der Waals surface area contributed by atoms with Gasteiger partial charge in [-0.25, -0.2) is 13.2 Å². The quantitative estimate of drug-likeness (QED) is 0.648. The van der Waals surface area contributed by atoms with Crippen LogP contribution in [0.3, 0.4) is 0 Å². The summed E-state index contributed by atoms with van der Waals surface area (Å²) in [5.41, 5.74) is 0.499. The van der Waals surface area contributed by atoms with Crippen molar-refractivity contribution in [2.24, 2.45) is 0 Å². The number of halogens is 1. The van der Waals surface area contributed by atoms with Crippen molar-refractivity contribution in [1.82, 2.24) is 4.31 Å². The molecule has 1 aliphatic heterocycles. The number of carbonyl (C=O) groups is 2. The second-order valence-corrected chi connectivity index (χ2v) is 8.92. The van der Waals surface area contributed by atoms with Gasteiger partial charge < -0.3 is 14.8 Å². The van der Waals surface area contributed by atoms with E-state index in [-0.39, 0.29) is 33.5 Å². The largest absolute Gasteiger partial charge is 0.482 e. The van der Waals surface area contributed by atoms with Gasteiger partial charge in [-0.05, 0) is 43.2 Å². The number of anilines is 1. The van der Waals surface area contributed by atoms with Crippen LogP contribution >= 0.6 is 11.6 Å². The van der Waals surface area contributed by atoms with Gasteiger partial charge in [0.15, 0.2) is 6.61 Å². The number of amides is 1. The molecule has 0 aromatic heterocycles. The lowest BCUT2D eigenvalue weighted by atomic mass is 10.2. The van der Waals surface area contributed by atoms with Gasteiger partial charge in [0.2, 0.25) is 10.0 Å². The number of nitrogens with zero attached hydrogens (tertiary/aromatic N) is 1. The molecule has 1 amide bonds. The Morgan fingerprint density at radius 2 is 1.83 bits per heavy atom. The third kappa shape index (κ3) is 4.92. The molecule has 0 unspecified atom stereocenters. The highest BCUT2D eigenvalue weighted by atomic mass is 35.5. The molecule has 2 aromatic carbocycles. The Kier molecular flexibility index (Phi) is 6.96. The summed E-state index contributed by atoms with van der Waals surface area (Å²) < 4.78 is 36.7. The third-order valence-corrected chi connectivity index (χ3v) is 6.76. The number of esters is 1. The average Bonchev–Trinajstić information content (AvgIpc) is 3.28. The van der Waals surface area contributed by atoms with E-state index in [2.05, 4.69) is 10.1 Å². The highest BCUT2D eigenvalue weighted by molar-refractivity contribution is 7.89. The molecule has 8 nitrogen and oxygen atoms in total. The van der Waals surface area contributed by atoms with Crippen LogP contribution in [0.2, 0.25) is 5.02 Å². The van der Waals surface area contributed by atoms with Crippen LogP contribution < -0.4 is 10.1 Å². The van der Waals surface area contributed by atoms with Gasteiger partial charge in [0, 0.05) is 13.1 Å². The summed E-state index contributed by atoms with van der Waals surface area (Å²) in [5.74, 6) is -0.922. The molecular formula is C20H21ClN2O6S. The number of nitrogens with one attached hydrogen (secondary N) is 1. The zero-order valence-corrected chi connectivity index (χ0v) is 17.8. The first kappa shape index (κ1) is 22.1. The van der Waals surface area contributed by atoms with Crippen LogP contribution in [-0.2, 0) is 19.6 Å². The zero-order chi connectivity index (χ0) is 21.7. The molecule has 0 atom stereocenters. The Labute approximate surface area is 179 Å². The van der Waals surface area contributed by atoms with Crippen molar-refractivity contribution in [2.75, 3.05) is 32.1 Å². The van der Waals surface area contributed by atoms with Gasteiger partial charge in [-0.2, -0.15) is 4.31 Å². The Hall–Kier alpha value is -2.62. The van der Waals surface area contributed by atoms with E-state index < -0.39 is 21.9 Å². The van der Waals surface area contributed by atoms with Crippen molar-refractivity contribution in [3.63, 3.8) is 0 Å². The molecule has 1 fully saturated rings. The van der Waals surface area contributed by atoms with Crippen LogP contribution in [0.15, 0.2) is 47.4 Å². The molecule has 10 heteroatoms. The molecular weight excluding hydrogens is 432 g/mol. The van der Waals surface area contributed by atoms with Crippen LogP contribution in [0.4, 0.5) is 5.69 Å². The fourth-order valence-electron chi connectivity index (χ4n) is 3.05. The second kappa shape index (κ2) is 9.46. The van der Waals surface area contributed by atoms with Gasteiger partial charge in [0.25, 0.3) is 5.91 Å². The summed E-state index contributed by atoms with van der Waals surface area (Å²) >= 11 is 6.17. The van der Waals surface area contributed by atoms with Crippen LogP contribution in [0.1, 0.15) is 23.2 Å². The number of ether oxygens (including phenoxy) is 2. The van der Waals surface area contributed by atoms with Gasteiger partial charge in [-0.1, -0.05) is 23.7 Å². The molecule has 1 heterocycles. The van der Waals surface area contributed by atoms with E-state index in [4.69, 9.17) is 16.3 Å². The number of benzene rings is 2. The molecule has 0 radical (unpaired) electrons. The first-order valence-corrected chi connectivity index (χ1v) is 11.0. The maximum absolute atomic E-state index is 12.6. The number of para-hydroxylation sites is 1. The predicted octanol–water partition coefficient (Wildman–Crippen LogP) is 2.93. The predicted molar refractivity (Wildman–Crippen MR) is 111 cm³/mol. The highest BCUT2D eigenvalue weighted by Gasteiger charge is 2.27. The second-order valence-electron chi connectivity index (χ2n) is 6.58. The van der Waals surface area contributed by atoms with Gasteiger partial charge in [0.05, 0.1) is 28.3 Å². The summed E-state index contributed by atoms with van der Waals surface area (Å²) in [7, 11) is -2.35. The van der Waals surface area contributed by atoms with E-state index in [0.29, 0.717) is 13.1 Å². The molecule has 30 heavy (non-hydrogen) atoms. The number of hydrogen-bond acceptors (Lipinski definition) is 6. The van der Waals surface area contributed by atoms with Crippen molar-refractivity contribution in [3.05, 3.63) is 53.1 Å². The van der Waals surface area contributed by atoms with E-state index >= 15 is 0 Å². The van der Waals surface area contributed by atoms with Crippen molar-refractivity contribution in [2.45, 2.75) is 17.7 Å². The molecule has 1 aliphatic rings. The van der Waals surface area contributed by atoms with Crippen molar-refractivity contribution < 1.29 is 27.5 Å². The first-order chi connectivity index (χ1) is 14.3. The van der Waals surface area contributed by atoms with Crippen LogP contribution in [-0.4, -0.2) is 51.4 Å². The smallest absolute Gasteiger partial charge is 0.339 e. The third-order valence-electron chi connectivity index (χ3n) is 4.57. The molecule has 1 N–H and O–H groups in total. The lowest BCUT2D eigenvalue weighted by molar-refractivity contribution is -0.118. The van der Waals surface area contributed by atoms with E-state index in [9.17, 15) is 18.0 Å². The monoisotopic (exact) mass is 452 g/mol. The normalized spacial score (nSPS) is 14.3. The Morgan fingerprint density at radius 1 is 1.13 bits per heavy atom. The summed E-state index contributed by atoms with van der Waals surface area (Å²) in [6.45, 7) is 0.601. The maximum atomic E-state index is 12.6. The van der Waals surface area contributed by atoms with E-state index in [1.54, 1.807) is 18.2 Å². The lowest BCUT2D eigenvalue weighted by Crippen LogP contribution is -2.27. The minimum absolute atomic E-state index is 0.0815. The van der Waals surface area contributed by atoms with Gasteiger partial charge >= 0.3 is 5.97 Å². The number of carbonyl (C=O) groups excluding carboxylic acids is 2. The van der Waals surface area contributed by atoms with E-state index in [0.717, 1.165) is 12.8 Å². The topological polar surface area (TPSA) is 102 Å². The lowest BCUT2D eigenvalue weighted by Gasteiger charge is -2.16. The standard InChI is InChI=1S/C20H21ClN2O6S/c1-28-20(25)15-6-2-3-7-17(15)22-19(24)13-29-18-9-8-14(12-16(18)21)30(26,27)23-10-4-5-11-23/h2-3,6-9,12H,4-5,10-11,13H2,1H3,(H,22,24). The minimum Gasteiger partial charge on any atom is -0.482 e. The Bertz CT molecular complexity index is 1050. The molecule has 160 valence electrons. The highest BCUT2D eigenvalue weighted by Crippen LogP contribution is 2.30. The SMILES string of the molecule is COC(=O)c1ccccc1NC(=O)COc1ccc(S(=O)(=O)N2CCCC2)cc1Cl. The summed E-state index contributed by atoms with van der Waals surface area (Å²) in [4.78, 5) is 24.1. The molecule has 0 spiro atoms. The van der Waals surface area contributed by atoms with Crippen molar-refractivity contribution >= 4 is 39.2 Å². The average molecular weight is 453 g/mol. The van der Waals surface area contributed by atoms with Crippen LogP contribution in [0.25, 0.3) is 0 Å². The summed E-state index contributed by atoms with van der Waals surface area (Å²) in [5, 5.41) is 2.66. The molecule has 0 saturated carbocycles. The van der Waals surface area contributed by atoms with E-state index in [1.807, 2.05) is 0 Å². The molecule has 3 rings (SSSR count). The number of hydrogen-bond donors (Lipinski definition) is 1. The summed E-state index contributed by atoms with van der Waals surface area (Å²) in [6, 6.07) is 10.5. The van der Waals surface area contributed by atoms with Crippen molar-refractivity contribution in [1.29, 1.82) is 0 Å². The zero-order valence-electron chi connectivity index (χ0n) is 16.3. The van der Waals surface area contributed by atoms with Crippen LogP contribution in [0, 0.1) is 0 Å². The molecule has 2 aromatic rings. The van der Waals surface area contributed by atoms with Crippen molar-refractivity contribution in [3.8, 4) is 5.75 Å². The van der Waals surface area contributed by atoms with Gasteiger partial charge in [-0.15, -0.1) is 0 Å². The fourth-order valence-corrected chi connectivity index (χ4v) is 4.89. The number of rotatable bonds is 7. The Morgan fingerprint density at radius 3 is 2.50 bits per heavy atom. The first-order valence-electron chi connectivity index (χ1n) is 9.22. The minimum atomic E-state index is -3.60. The molecule has 0 aliphatic carbocycles. The number of methoxy groups -OCH3 is 1. The van der Waals surface area contributed by atoms with Gasteiger partial charge in [-0.3, -0.25) is 4.79 Å². The molecule has 1 saturated heterocycles. The van der Waals surface area contributed by atoms with Crippen LogP contribution in [0.5, 0.6) is 5.75 Å². The maximum Gasteiger partial charge on any atom is 0.339 e. The van der Waals surface area contributed by atoms with E-state index in [1.165, 1.54) is 35.7 Å². The Balaban J connectivity index is 1.65. The molecule has 0 bridgehead atoms. The summed E-state index contributed by atoms with van der Waals surface area (Å²) in [6.07, 6.45) is 1.67.